The maximum Gasteiger partial charge on any atom is 0.257 e. The Balaban J connectivity index is 2.16. The molecule has 0 unspecified atom stereocenters. The second kappa shape index (κ2) is 8.24. The van der Waals surface area contributed by atoms with Crippen molar-refractivity contribution in [3.63, 3.8) is 0 Å². The highest BCUT2D eigenvalue weighted by molar-refractivity contribution is 5.98. The van der Waals surface area contributed by atoms with Gasteiger partial charge in [0.1, 0.15) is 0 Å². The summed E-state index contributed by atoms with van der Waals surface area (Å²) >= 11 is 0. The highest BCUT2D eigenvalue weighted by Crippen LogP contribution is 2.40. The largest absolute Gasteiger partial charge is 0.493 e. The van der Waals surface area contributed by atoms with Crippen LogP contribution in [0.3, 0.4) is 0 Å². The van der Waals surface area contributed by atoms with E-state index in [1.807, 2.05) is 4.90 Å². The molecule has 1 amide bonds. The molecule has 134 valence electrons. The summed E-state index contributed by atoms with van der Waals surface area (Å²) in [6.45, 7) is 8.75. The van der Waals surface area contributed by atoms with Crippen LogP contribution in [0.5, 0.6) is 17.2 Å². The van der Waals surface area contributed by atoms with Crippen molar-refractivity contribution in [1.82, 2.24) is 9.80 Å². The minimum atomic E-state index is -0.0306. The second-order valence-corrected chi connectivity index (χ2v) is 6.37. The fraction of sp³-hybridized carbons (Fsp3) is 0.611. The predicted molar refractivity (Wildman–Crippen MR) is 93.3 cm³/mol. The molecular formula is C18H28N2O4. The molecular weight excluding hydrogens is 308 g/mol. The van der Waals surface area contributed by atoms with E-state index in [0.717, 1.165) is 32.7 Å². The average Bonchev–Trinajstić information content (AvgIpc) is 2.59. The predicted octanol–water partition coefficient (Wildman–Crippen LogP) is 2.13. The molecule has 0 spiro atoms. The number of hydrogen-bond donors (Lipinski definition) is 0. The fourth-order valence-electron chi connectivity index (χ4n) is 3.09. The summed E-state index contributed by atoms with van der Waals surface area (Å²) in [5.74, 6) is 2.03. The molecule has 0 saturated carbocycles. The van der Waals surface area contributed by atoms with Gasteiger partial charge in [-0.3, -0.25) is 9.69 Å². The lowest BCUT2D eigenvalue weighted by molar-refractivity contribution is 0.0620. The van der Waals surface area contributed by atoms with Gasteiger partial charge in [0.05, 0.1) is 26.9 Å². The van der Waals surface area contributed by atoms with E-state index in [-0.39, 0.29) is 5.91 Å². The van der Waals surface area contributed by atoms with Gasteiger partial charge in [0, 0.05) is 32.7 Å². The van der Waals surface area contributed by atoms with Crippen LogP contribution in [-0.4, -0.2) is 69.8 Å². The van der Waals surface area contributed by atoms with Crippen molar-refractivity contribution in [2.24, 2.45) is 5.92 Å². The molecule has 0 aromatic heterocycles. The first-order valence-corrected chi connectivity index (χ1v) is 8.32. The molecule has 0 radical (unpaired) electrons. The molecule has 6 heteroatoms. The van der Waals surface area contributed by atoms with Gasteiger partial charge in [-0.05, 0) is 18.1 Å². The first-order chi connectivity index (χ1) is 11.5. The number of carbonyl (C=O) groups excluding carboxylic acids is 1. The van der Waals surface area contributed by atoms with Crippen LogP contribution in [0, 0.1) is 5.92 Å². The van der Waals surface area contributed by atoms with Crippen molar-refractivity contribution in [2.75, 3.05) is 54.1 Å². The Kier molecular flexibility index (Phi) is 6.31. The smallest absolute Gasteiger partial charge is 0.257 e. The van der Waals surface area contributed by atoms with E-state index >= 15 is 0 Å². The van der Waals surface area contributed by atoms with Crippen molar-refractivity contribution in [3.8, 4) is 17.2 Å². The maximum absolute atomic E-state index is 12.9. The van der Waals surface area contributed by atoms with Crippen LogP contribution in [0.2, 0.25) is 0 Å². The molecule has 0 bridgehead atoms. The molecule has 0 atom stereocenters. The van der Waals surface area contributed by atoms with Gasteiger partial charge in [-0.1, -0.05) is 13.8 Å². The first-order valence-electron chi connectivity index (χ1n) is 8.32. The summed E-state index contributed by atoms with van der Waals surface area (Å²) in [6, 6.07) is 3.48. The number of benzene rings is 1. The summed E-state index contributed by atoms with van der Waals surface area (Å²) in [4.78, 5) is 17.2. The molecule has 6 nitrogen and oxygen atoms in total. The molecule has 1 aromatic rings. The van der Waals surface area contributed by atoms with Crippen LogP contribution in [-0.2, 0) is 0 Å². The minimum Gasteiger partial charge on any atom is -0.493 e. The van der Waals surface area contributed by atoms with Gasteiger partial charge in [0.15, 0.2) is 11.5 Å². The van der Waals surface area contributed by atoms with Gasteiger partial charge in [-0.25, -0.2) is 0 Å². The third kappa shape index (κ3) is 3.93. The van der Waals surface area contributed by atoms with Crippen molar-refractivity contribution in [3.05, 3.63) is 17.7 Å². The van der Waals surface area contributed by atoms with Crippen LogP contribution in [0.4, 0.5) is 0 Å². The quantitative estimate of drug-likeness (QED) is 0.796. The first kappa shape index (κ1) is 18.4. The van der Waals surface area contributed by atoms with Crippen molar-refractivity contribution < 1.29 is 19.0 Å². The Morgan fingerprint density at radius 2 is 1.62 bits per heavy atom. The molecule has 1 fully saturated rings. The zero-order valence-corrected chi connectivity index (χ0v) is 15.3. The van der Waals surface area contributed by atoms with Gasteiger partial charge in [-0.2, -0.15) is 0 Å². The number of amides is 1. The van der Waals surface area contributed by atoms with Gasteiger partial charge < -0.3 is 19.1 Å². The van der Waals surface area contributed by atoms with E-state index in [1.165, 1.54) is 7.11 Å². The standard InChI is InChI=1S/C18H28N2O4/c1-13(2)12-19-8-10-20(11-9-19)18(21)14-6-7-15(22-3)17(24-5)16(14)23-4/h6-7,13H,8-12H2,1-5H3. The van der Waals surface area contributed by atoms with Crippen LogP contribution in [0.15, 0.2) is 12.1 Å². The topological polar surface area (TPSA) is 51.2 Å². The molecule has 1 saturated heterocycles. The highest BCUT2D eigenvalue weighted by atomic mass is 16.5. The van der Waals surface area contributed by atoms with Gasteiger partial charge in [0.2, 0.25) is 5.75 Å². The van der Waals surface area contributed by atoms with Gasteiger partial charge >= 0.3 is 0 Å². The monoisotopic (exact) mass is 336 g/mol. The third-order valence-corrected chi connectivity index (χ3v) is 4.22. The summed E-state index contributed by atoms with van der Waals surface area (Å²) < 4.78 is 16.1. The van der Waals surface area contributed by atoms with E-state index in [2.05, 4.69) is 18.7 Å². The Hall–Kier alpha value is -1.95. The van der Waals surface area contributed by atoms with Crippen molar-refractivity contribution in [2.45, 2.75) is 13.8 Å². The van der Waals surface area contributed by atoms with Crippen LogP contribution in [0.1, 0.15) is 24.2 Å². The lowest BCUT2D eigenvalue weighted by Gasteiger charge is -2.35. The summed E-state index contributed by atoms with van der Waals surface area (Å²) in [6.07, 6.45) is 0. The zero-order chi connectivity index (χ0) is 17.7. The molecule has 1 aromatic carbocycles. The zero-order valence-electron chi connectivity index (χ0n) is 15.3. The number of piperazine rings is 1. The Labute approximate surface area is 144 Å². The Morgan fingerprint density at radius 1 is 1.00 bits per heavy atom. The van der Waals surface area contributed by atoms with E-state index in [4.69, 9.17) is 14.2 Å². The lowest BCUT2D eigenvalue weighted by atomic mass is 10.1. The van der Waals surface area contributed by atoms with E-state index in [1.54, 1.807) is 26.4 Å². The van der Waals surface area contributed by atoms with E-state index in [9.17, 15) is 4.79 Å². The molecule has 0 aliphatic carbocycles. The number of nitrogens with zero attached hydrogens (tertiary/aromatic N) is 2. The fourth-order valence-corrected chi connectivity index (χ4v) is 3.09. The van der Waals surface area contributed by atoms with Gasteiger partial charge in [-0.15, -0.1) is 0 Å². The molecule has 24 heavy (non-hydrogen) atoms. The molecule has 1 heterocycles. The highest BCUT2D eigenvalue weighted by Gasteiger charge is 2.27. The van der Waals surface area contributed by atoms with Crippen LogP contribution < -0.4 is 14.2 Å². The lowest BCUT2D eigenvalue weighted by Crippen LogP contribution is -2.49. The second-order valence-electron chi connectivity index (χ2n) is 6.37. The van der Waals surface area contributed by atoms with Crippen LogP contribution in [0.25, 0.3) is 0 Å². The van der Waals surface area contributed by atoms with Crippen LogP contribution >= 0.6 is 0 Å². The Bertz CT molecular complexity index is 566. The molecule has 2 rings (SSSR count). The summed E-state index contributed by atoms with van der Waals surface area (Å²) in [7, 11) is 4.64. The molecule has 1 aliphatic rings. The van der Waals surface area contributed by atoms with E-state index < -0.39 is 0 Å². The molecule has 1 aliphatic heterocycles. The normalized spacial score (nSPS) is 15.5. The maximum atomic E-state index is 12.9. The number of ether oxygens (including phenoxy) is 3. The SMILES string of the molecule is COc1ccc(C(=O)N2CCN(CC(C)C)CC2)c(OC)c1OC. The summed E-state index contributed by atoms with van der Waals surface area (Å²) in [5, 5.41) is 0. The van der Waals surface area contributed by atoms with Gasteiger partial charge in [0.25, 0.3) is 5.91 Å². The number of methoxy groups -OCH3 is 3. The number of rotatable bonds is 6. The van der Waals surface area contributed by atoms with Crippen molar-refractivity contribution >= 4 is 5.91 Å². The van der Waals surface area contributed by atoms with E-state index in [0.29, 0.717) is 28.7 Å². The number of carbonyl (C=O) groups is 1. The number of hydrogen-bond acceptors (Lipinski definition) is 5. The third-order valence-electron chi connectivity index (χ3n) is 4.22. The average molecular weight is 336 g/mol. The molecule has 0 N–H and O–H groups in total. The van der Waals surface area contributed by atoms with Crippen molar-refractivity contribution in [1.29, 1.82) is 0 Å². The Morgan fingerprint density at radius 3 is 2.12 bits per heavy atom. The summed E-state index contributed by atoms with van der Waals surface area (Å²) in [5.41, 5.74) is 0.507. The minimum absolute atomic E-state index is 0.0306.